The molecule has 30 heavy (non-hydrogen) atoms. The average Bonchev–Trinajstić information content (AvgIpc) is 2.73. The van der Waals surface area contributed by atoms with Crippen LogP contribution in [0, 0.1) is 0 Å². The second kappa shape index (κ2) is 9.28. The summed E-state index contributed by atoms with van der Waals surface area (Å²) in [7, 11) is 4.54. The van der Waals surface area contributed by atoms with E-state index in [4.69, 9.17) is 42.1 Å². The Morgan fingerprint density at radius 2 is 1.60 bits per heavy atom. The highest BCUT2D eigenvalue weighted by Gasteiger charge is 2.20. The molecule has 1 aromatic heterocycles. The highest BCUT2D eigenvalue weighted by Crippen LogP contribution is 2.41. The summed E-state index contributed by atoms with van der Waals surface area (Å²) in [6.45, 7) is 1.95. The van der Waals surface area contributed by atoms with E-state index in [1.165, 1.54) is 27.5 Å². The summed E-state index contributed by atoms with van der Waals surface area (Å²) in [5.41, 5.74) is 1.78. The number of carbonyl (C=O) groups excluding carboxylic acids is 1. The van der Waals surface area contributed by atoms with Gasteiger partial charge in [-0.15, -0.1) is 0 Å². The normalized spacial score (nSPS) is 10.6. The van der Waals surface area contributed by atoms with E-state index < -0.39 is 5.97 Å². The van der Waals surface area contributed by atoms with Gasteiger partial charge in [-0.3, -0.25) is 4.98 Å². The maximum absolute atomic E-state index is 12.6. The highest BCUT2D eigenvalue weighted by molar-refractivity contribution is 6.33. The molecule has 7 nitrogen and oxygen atoms in total. The number of nitrogens with one attached hydrogen (secondary N) is 1. The van der Waals surface area contributed by atoms with Gasteiger partial charge in [0, 0.05) is 17.6 Å². The average molecular weight is 451 g/mol. The van der Waals surface area contributed by atoms with Crippen LogP contribution in [-0.4, -0.2) is 38.9 Å². The van der Waals surface area contributed by atoms with Crippen molar-refractivity contribution < 1.29 is 23.7 Å². The van der Waals surface area contributed by atoms with Gasteiger partial charge in [0.15, 0.2) is 0 Å². The summed E-state index contributed by atoms with van der Waals surface area (Å²) in [5.74, 6) is 0.839. The zero-order chi connectivity index (χ0) is 21.8. The Bertz CT molecular complexity index is 1100. The minimum Gasteiger partial charge on any atom is -0.495 e. The van der Waals surface area contributed by atoms with Crippen LogP contribution in [0.5, 0.6) is 17.2 Å². The van der Waals surface area contributed by atoms with Crippen molar-refractivity contribution in [3.8, 4) is 17.2 Å². The number of halogens is 2. The zero-order valence-corrected chi connectivity index (χ0v) is 18.4. The molecule has 1 heterocycles. The molecule has 0 aliphatic rings. The summed E-state index contributed by atoms with van der Waals surface area (Å²) in [6.07, 6.45) is 1.43. The first-order chi connectivity index (χ1) is 14.4. The number of fused-ring (bicyclic) bond motifs is 1. The maximum Gasteiger partial charge on any atom is 0.341 e. The molecule has 3 aromatic rings. The highest BCUT2D eigenvalue weighted by atomic mass is 35.5. The van der Waals surface area contributed by atoms with Crippen LogP contribution in [0.25, 0.3) is 10.9 Å². The van der Waals surface area contributed by atoms with Gasteiger partial charge in [-0.2, -0.15) is 0 Å². The molecule has 0 amide bonds. The lowest BCUT2D eigenvalue weighted by molar-refractivity contribution is 0.0527. The van der Waals surface area contributed by atoms with Crippen molar-refractivity contribution in [2.45, 2.75) is 6.92 Å². The Morgan fingerprint density at radius 3 is 2.23 bits per heavy atom. The van der Waals surface area contributed by atoms with Gasteiger partial charge in [0.25, 0.3) is 0 Å². The molecule has 0 radical (unpaired) electrons. The molecule has 158 valence electrons. The third kappa shape index (κ3) is 4.17. The monoisotopic (exact) mass is 450 g/mol. The van der Waals surface area contributed by atoms with Crippen LogP contribution in [0.2, 0.25) is 10.0 Å². The maximum atomic E-state index is 12.6. The molecule has 0 atom stereocenters. The predicted octanol–water partition coefficient (Wildman–Crippen LogP) is 5.49. The first kappa shape index (κ1) is 21.8. The van der Waals surface area contributed by atoms with Crippen molar-refractivity contribution in [1.82, 2.24) is 4.98 Å². The van der Waals surface area contributed by atoms with Gasteiger partial charge in [0.05, 0.1) is 54.9 Å². The van der Waals surface area contributed by atoms with Crippen LogP contribution in [0.15, 0.2) is 30.5 Å². The van der Waals surface area contributed by atoms with Crippen LogP contribution >= 0.6 is 23.2 Å². The van der Waals surface area contributed by atoms with E-state index in [9.17, 15) is 4.79 Å². The lowest BCUT2D eigenvalue weighted by Gasteiger charge is -2.18. The van der Waals surface area contributed by atoms with Gasteiger partial charge >= 0.3 is 5.97 Å². The van der Waals surface area contributed by atoms with Gasteiger partial charge in [-0.1, -0.05) is 23.2 Å². The summed E-state index contributed by atoms with van der Waals surface area (Å²) in [5, 5.41) is 4.61. The Labute approximate surface area is 183 Å². The molecule has 0 aliphatic heterocycles. The standard InChI is InChI=1S/C21H20Cl2N2O5/c1-5-30-21(26)12-10-24-15-7-13(22)17(27-2)6-11(15)20(12)25-16-8-14(23)18(28-3)9-19(16)29-4/h6-10H,5H2,1-4H3,(H,24,25). The number of nitrogens with zero attached hydrogens (tertiary/aromatic N) is 1. The van der Waals surface area contributed by atoms with Gasteiger partial charge in [-0.25, -0.2) is 4.79 Å². The fraction of sp³-hybridized carbons (Fsp3) is 0.238. The van der Waals surface area contributed by atoms with Crippen molar-refractivity contribution in [2.24, 2.45) is 0 Å². The summed E-state index contributed by atoms with van der Waals surface area (Å²) in [6, 6.07) is 6.66. The molecule has 0 bridgehead atoms. The second-order valence-corrected chi connectivity index (χ2v) is 6.90. The van der Waals surface area contributed by atoms with E-state index >= 15 is 0 Å². The van der Waals surface area contributed by atoms with E-state index in [1.54, 1.807) is 31.2 Å². The Balaban J connectivity index is 2.25. The van der Waals surface area contributed by atoms with Crippen LogP contribution < -0.4 is 19.5 Å². The first-order valence-electron chi connectivity index (χ1n) is 8.95. The van der Waals surface area contributed by atoms with Crippen molar-refractivity contribution in [3.05, 3.63) is 46.1 Å². The number of esters is 1. The van der Waals surface area contributed by atoms with Crippen LogP contribution in [0.3, 0.4) is 0 Å². The second-order valence-electron chi connectivity index (χ2n) is 6.08. The SMILES string of the molecule is CCOC(=O)c1cnc2cc(Cl)c(OC)cc2c1Nc1cc(Cl)c(OC)cc1OC. The minimum atomic E-state index is -0.526. The lowest BCUT2D eigenvalue weighted by Crippen LogP contribution is -2.10. The smallest absolute Gasteiger partial charge is 0.341 e. The van der Waals surface area contributed by atoms with Crippen molar-refractivity contribution in [2.75, 3.05) is 33.3 Å². The topological polar surface area (TPSA) is 78.9 Å². The Kier molecular flexibility index (Phi) is 6.74. The van der Waals surface area contributed by atoms with Crippen LogP contribution in [-0.2, 0) is 4.74 Å². The summed E-state index contributed by atoms with van der Waals surface area (Å²) in [4.78, 5) is 17.0. The molecule has 3 rings (SSSR count). The molecule has 0 saturated carbocycles. The lowest BCUT2D eigenvalue weighted by atomic mass is 10.1. The number of rotatable bonds is 7. The Hall–Kier alpha value is -2.90. The third-order valence-corrected chi connectivity index (χ3v) is 4.96. The number of benzene rings is 2. The van der Waals surface area contributed by atoms with Crippen molar-refractivity contribution >= 4 is 51.4 Å². The number of hydrogen-bond acceptors (Lipinski definition) is 7. The van der Waals surface area contributed by atoms with Crippen molar-refractivity contribution in [1.29, 1.82) is 0 Å². The first-order valence-corrected chi connectivity index (χ1v) is 9.70. The predicted molar refractivity (Wildman–Crippen MR) is 117 cm³/mol. The number of aromatic nitrogens is 1. The van der Waals surface area contributed by atoms with Crippen molar-refractivity contribution in [3.63, 3.8) is 0 Å². The third-order valence-electron chi connectivity index (χ3n) is 4.37. The largest absolute Gasteiger partial charge is 0.495 e. The number of methoxy groups -OCH3 is 3. The van der Waals surface area contributed by atoms with E-state index in [0.29, 0.717) is 49.6 Å². The zero-order valence-electron chi connectivity index (χ0n) is 16.8. The molecular formula is C21H20Cl2N2O5. The van der Waals surface area contributed by atoms with Gasteiger partial charge in [0.2, 0.25) is 0 Å². The molecule has 9 heteroatoms. The molecule has 0 unspecified atom stereocenters. The fourth-order valence-electron chi connectivity index (χ4n) is 2.94. The number of carbonyl (C=O) groups is 1. The summed E-state index contributed by atoms with van der Waals surface area (Å²) >= 11 is 12.5. The fourth-order valence-corrected chi connectivity index (χ4v) is 3.42. The molecular weight excluding hydrogens is 431 g/mol. The van der Waals surface area contributed by atoms with E-state index in [-0.39, 0.29) is 12.2 Å². The molecule has 1 N–H and O–H groups in total. The van der Waals surface area contributed by atoms with E-state index in [0.717, 1.165) is 0 Å². The summed E-state index contributed by atoms with van der Waals surface area (Å²) < 4.78 is 21.2. The van der Waals surface area contributed by atoms with Crippen LogP contribution in [0.1, 0.15) is 17.3 Å². The van der Waals surface area contributed by atoms with Gasteiger partial charge < -0.3 is 24.3 Å². The number of ether oxygens (including phenoxy) is 4. The minimum absolute atomic E-state index is 0.220. The molecule has 0 aliphatic carbocycles. The Morgan fingerprint density at radius 1 is 0.967 bits per heavy atom. The molecule has 0 saturated heterocycles. The molecule has 0 spiro atoms. The number of hydrogen-bond donors (Lipinski definition) is 1. The number of pyridine rings is 1. The molecule has 2 aromatic carbocycles. The van der Waals surface area contributed by atoms with Gasteiger partial charge in [-0.05, 0) is 25.1 Å². The van der Waals surface area contributed by atoms with Gasteiger partial charge in [0.1, 0.15) is 22.8 Å². The quantitative estimate of drug-likeness (QED) is 0.476. The number of anilines is 2. The molecule has 0 fully saturated rings. The van der Waals surface area contributed by atoms with E-state index in [1.807, 2.05) is 0 Å². The van der Waals surface area contributed by atoms with Crippen LogP contribution in [0.4, 0.5) is 11.4 Å². The van der Waals surface area contributed by atoms with E-state index in [2.05, 4.69) is 10.3 Å².